The SMILES string of the molecule is C=C[C@H]1[C@@H]([C@H](CC(=O)CC/C(O)=C(\[N+]#N)C(=O)OCC)OC(C)=O)C1(C)C. The maximum Gasteiger partial charge on any atom is 0.505 e. The molecule has 1 aliphatic carbocycles. The minimum atomic E-state index is -0.976. The van der Waals surface area contributed by atoms with Crippen molar-refractivity contribution in [3.05, 3.63) is 29.1 Å². The van der Waals surface area contributed by atoms with E-state index in [2.05, 4.69) is 16.3 Å². The molecule has 0 heterocycles. The molecule has 8 heteroatoms. The molecule has 8 nitrogen and oxygen atoms in total. The molecule has 0 aromatic rings. The van der Waals surface area contributed by atoms with E-state index in [0.29, 0.717) is 0 Å². The molecule has 1 fully saturated rings. The molecule has 0 amide bonds. The van der Waals surface area contributed by atoms with Crippen molar-refractivity contribution in [3.63, 3.8) is 0 Å². The maximum atomic E-state index is 12.3. The molecule has 1 rings (SSSR count). The highest BCUT2D eigenvalue weighted by Crippen LogP contribution is 2.61. The number of hydrogen-bond donors (Lipinski definition) is 1. The van der Waals surface area contributed by atoms with E-state index in [1.165, 1.54) is 6.92 Å². The van der Waals surface area contributed by atoms with Crippen molar-refractivity contribution < 1.29 is 29.0 Å². The van der Waals surface area contributed by atoms with Gasteiger partial charge in [0.05, 0.1) is 6.61 Å². The third kappa shape index (κ3) is 5.64. The number of carbonyl (C=O) groups excluding carboxylic acids is 3. The van der Waals surface area contributed by atoms with Crippen LogP contribution in [0.15, 0.2) is 24.1 Å². The van der Waals surface area contributed by atoms with E-state index in [-0.39, 0.29) is 48.9 Å². The Balaban J connectivity index is 2.75. The zero-order valence-corrected chi connectivity index (χ0v) is 16.2. The molecule has 0 spiro atoms. The summed E-state index contributed by atoms with van der Waals surface area (Å²) in [5, 5.41) is 18.7. The van der Waals surface area contributed by atoms with Crippen molar-refractivity contribution in [1.29, 1.82) is 5.39 Å². The number of diazo groups is 1. The quantitative estimate of drug-likeness (QED) is 0.203. The Kier molecular flexibility index (Phi) is 7.70. The number of carbonyl (C=O) groups is 3. The third-order valence-electron chi connectivity index (χ3n) is 4.88. The van der Waals surface area contributed by atoms with Crippen LogP contribution in [0.4, 0.5) is 0 Å². The lowest BCUT2D eigenvalue weighted by molar-refractivity contribution is -0.149. The molecular weight excluding hydrogens is 352 g/mol. The van der Waals surface area contributed by atoms with E-state index in [9.17, 15) is 19.5 Å². The molecule has 0 bridgehead atoms. The average molecular weight is 379 g/mol. The van der Waals surface area contributed by atoms with Crippen molar-refractivity contribution >= 4 is 17.7 Å². The average Bonchev–Trinajstić information content (AvgIpc) is 3.13. The number of ether oxygens (including phenoxy) is 2. The molecule has 3 atom stereocenters. The summed E-state index contributed by atoms with van der Waals surface area (Å²) < 4.78 is 10.00. The summed E-state index contributed by atoms with van der Waals surface area (Å²) in [4.78, 5) is 38.0. The highest BCUT2D eigenvalue weighted by atomic mass is 16.5. The van der Waals surface area contributed by atoms with Crippen LogP contribution in [0, 0.1) is 22.6 Å². The first-order valence-electron chi connectivity index (χ1n) is 8.85. The Labute approximate surface area is 158 Å². The van der Waals surface area contributed by atoms with Crippen LogP contribution in [0.1, 0.15) is 47.0 Å². The number of ketones is 1. The second-order valence-corrected chi connectivity index (χ2v) is 7.12. The molecule has 1 aliphatic rings. The summed E-state index contributed by atoms with van der Waals surface area (Å²) in [5.41, 5.74) is -0.743. The zero-order chi connectivity index (χ0) is 20.8. The van der Waals surface area contributed by atoms with Gasteiger partial charge in [0.25, 0.3) is 0 Å². The predicted molar refractivity (Wildman–Crippen MR) is 96.7 cm³/mol. The molecule has 27 heavy (non-hydrogen) atoms. The monoisotopic (exact) mass is 379 g/mol. The summed E-state index contributed by atoms with van der Waals surface area (Å²) in [5.74, 6) is -2.09. The molecule has 148 valence electrons. The lowest BCUT2D eigenvalue weighted by atomic mass is 9.99. The van der Waals surface area contributed by atoms with Gasteiger partial charge >= 0.3 is 17.6 Å². The van der Waals surface area contributed by atoms with Gasteiger partial charge in [-0.1, -0.05) is 19.9 Å². The second kappa shape index (κ2) is 9.31. The normalized spacial score (nSPS) is 21.9. The number of rotatable bonds is 10. The van der Waals surface area contributed by atoms with Gasteiger partial charge in [-0.05, 0) is 18.3 Å². The van der Waals surface area contributed by atoms with Crippen molar-refractivity contribution in [3.8, 4) is 0 Å². The van der Waals surface area contributed by atoms with E-state index in [1.54, 1.807) is 13.0 Å². The highest BCUT2D eigenvalue weighted by molar-refractivity contribution is 5.91. The van der Waals surface area contributed by atoms with Crippen LogP contribution in [-0.2, 0) is 23.9 Å². The van der Waals surface area contributed by atoms with Crippen LogP contribution in [-0.4, -0.2) is 35.5 Å². The Morgan fingerprint density at radius 3 is 2.41 bits per heavy atom. The summed E-state index contributed by atoms with van der Waals surface area (Å²) in [6.45, 7) is 10.7. The van der Waals surface area contributed by atoms with Gasteiger partial charge in [0.2, 0.25) is 5.39 Å². The van der Waals surface area contributed by atoms with Gasteiger partial charge in [-0.2, -0.15) is 0 Å². The largest absolute Gasteiger partial charge is 0.505 e. The molecular formula is C19H27N2O6+. The molecule has 0 unspecified atom stereocenters. The molecule has 1 N–H and O–H groups in total. The fourth-order valence-corrected chi connectivity index (χ4v) is 3.45. The lowest BCUT2D eigenvalue weighted by Crippen LogP contribution is -2.25. The maximum absolute atomic E-state index is 12.3. The van der Waals surface area contributed by atoms with Crippen LogP contribution in [0.25, 0.3) is 4.98 Å². The number of Topliss-reactive ketones (excluding diaryl/α,β-unsaturated/α-hetero) is 1. The Bertz CT molecular complexity index is 689. The number of aliphatic hydroxyl groups excluding tert-OH is 1. The minimum Gasteiger partial charge on any atom is -0.505 e. The van der Waals surface area contributed by atoms with E-state index in [0.717, 1.165) is 0 Å². The van der Waals surface area contributed by atoms with Crippen LogP contribution >= 0.6 is 0 Å². The Morgan fingerprint density at radius 1 is 1.33 bits per heavy atom. The number of hydrogen-bond acceptors (Lipinski definition) is 7. The fraction of sp³-hybridized carbons (Fsp3) is 0.632. The zero-order valence-electron chi connectivity index (χ0n) is 16.2. The molecule has 0 aliphatic heterocycles. The van der Waals surface area contributed by atoms with Crippen molar-refractivity contribution in [2.75, 3.05) is 6.61 Å². The van der Waals surface area contributed by atoms with Gasteiger partial charge in [-0.25, -0.2) is 4.79 Å². The molecule has 0 aromatic heterocycles. The standard InChI is InChI=1S/C19H26N2O6/c1-6-13-16(19(13,4)5)15(27-11(3)22)10-12(23)8-9-14(24)17(21-20)18(25)26-7-2/h6,13,15-16H,1,7-10H2,2-5H3/p+1/t13-,15-,16-/m0/s1. The first-order valence-corrected chi connectivity index (χ1v) is 8.85. The predicted octanol–water partition coefficient (Wildman–Crippen LogP) is 3.30. The van der Waals surface area contributed by atoms with E-state index in [4.69, 9.17) is 10.1 Å². The first kappa shape index (κ1) is 22.4. The van der Waals surface area contributed by atoms with E-state index < -0.39 is 29.5 Å². The summed E-state index contributed by atoms with van der Waals surface area (Å²) >= 11 is 0. The van der Waals surface area contributed by atoms with Crippen molar-refractivity contribution in [1.82, 2.24) is 0 Å². The molecule has 0 aromatic carbocycles. The number of allylic oxidation sites excluding steroid dienone is 2. The molecule has 0 radical (unpaired) electrons. The summed E-state index contributed by atoms with van der Waals surface area (Å²) in [6.07, 6.45) is 0.924. The Hall–Kier alpha value is -2.69. The van der Waals surface area contributed by atoms with Crippen LogP contribution in [0.5, 0.6) is 0 Å². The number of aliphatic hydroxyl groups is 1. The smallest absolute Gasteiger partial charge is 0.505 e. The van der Waals surface area contributed by atoms with Gasteiger partial charge in [-0.15, -0.1) is 6.58 Å². The second-order valence-electron chi connectivity index (χ2n) is 7.12. The van der Waals surface area contributed by atoms with Crippen LogP contribution in [0.3, 0.4) is 0 Å². The van der Waals surface area contributed by atoms with E-state index >= 15 is 0 Å². The number of esters is 2. The highest BCUT2D eigenvalue weighted by Gasteiger charge is 2.60. The van der Waals surface area contributed by atoms with Crippen LogP contribution < -0.4 is 0 Å². The van der Waals surface area contributed by atoms with Crippen molar-refractivity contribution in [2.24, 2.45) is 17.3 Å². The third-order valence-corrected chi connectivity index (χ3v) is 4.88. The molecule has 0 saturated heterocycles. The van der Waals surface area contributed by atoms with Crippen molar-refractivity contribution in [2.45, 2.75) is 53.1 Å². The first-order chi connectivity index (χ1) is 12.6. The van der Waals surface area contributed by atoms with Gasteiger partial charge in [0.15, 0.2) is 10.7 Å². The number of nitrogens with zero attached hydrogens (tertiary/aromatic N) is 2. The summed E-state index contributed by atoms with van der Waals surface area (Å²) in [6, 6.07) is 0. The molecule has 1 saturated carbocycles. The van der Waals surface area contributed by atoms with Crippen LogP contribution in [0.2, 0.25) is 0 Å². The van der Waals surface area contributed by atoms with Gasteiger partial charge < -0.3 is 14.6 Å². The Morgan fingerprint density at radius 2 is 1.96 bits per heavy atom. The van der Waals surface area contributed by atoms with E-state index in [1.807, 2.05) is 13.8 Å². The topological polar surface area (TPSA) is 118 Å². The van der Waals surface area contributed by atoms with Gasteiger partial charge in [-0.3, -0.25) is 9.59 Å². The minimum absolute atomic E-state index is 0.00367. The van der Waals surface area contributed by atoms with Gasteiger partial charge in [0.1, 0.15) is 11.9 Å². The summed E-state index contributed by atoms with van der Waals surface area (Å²) in [7, 11) is 0. The fourth-order valence-electron chi connectivity index (χ4n) is 3.45. The van der Waals surface area contributed by atoms with Gasteiger partial charge in [0, 0.05) is 32.1 Å². The lowest BCUT2D eigenvalue weighted by Gasteiger charge is -2.18.